The molecule has 0 saturated carbocycles. The van der Waals surface area contributed by atoms with Gasteiger partial charge in [0.2, 0.25) is 5.91 Å². The van der Waals surface area contributed by atoms with Crippen LogP contribution in [0.15, 0.2) is 45.6 Å². The van der Waals surface area contributed by atoms with Gasteiger partial charge < -0.3 is 9.52 Å². The quantitative estimate of drug-likeness (QED) is 0.855. The van der Waals surface area contributed by atoms with Crippen LogP contribution in [0.1, 0.15) is 18.6 Å². The molecule has 0 aliphatic carbocycles. The van der Waals surface area contributed by atoms with Gasteiger partial charge in [0.25, 0.3) is 0 Å². The number of aliphatic hydroxyl groups excluding tert-OH is 1. The van der Waals surface area contributed by atoms with Crippen LogP contribution in [-0.2, 0) is 0 Å². The van der Waals surface area contributed by atoms with Crippen LogP contribution in [0.5, 0.6) is 0 Å². The Hall–Kier alpha value is -2.14. The first kappa shape index (κ1) is 13.3. The molecule has 0 aliphatic heterocycles. The summed E-state index contributed by atoms with van der Waals surface area (Å²) in [6.45, 7) is 3.32. The van der Waals surface area contributed by atoms with Gasteiger partial charge in [0.15, 0.2) is 5.58 Å². The number of aromatic nitrogens is 1. The van der Waals surface area contributed by atoms with Gasteiger partial charge in [0.1, 0.15) is 0 Å². The Morgan fingerprint density at radius 1 is 1.42 bits per heavy atom. The number of rotatable bonds is 3. The minimum atomic E-state index is -0.932. The SMILES string of the molecule is CC=CC(O)C(C)C(=O)n1c(=O)oc2ccccc21. The second-order valence-electron chi connectivity index (χ2n) is 4.31. The van der Waals surface area contributed by atoms with Crippen molar-refractivity contribution in [2.24, 2.45) is 5.92 Å². The summed E-state index contributed by atoms with van der Waals surface area (Å²) >= 11 is 0. The Morgan fingerprint density at radius 3 is 2.79 bits per heavy atom. The van der Waals surface area contributed by atoms with Gasteiger partial charge in [-0.05, 0) is 19.1 Å². The summed E-state index contributed by atoms with van der Waals surface area (Å²) in [5.74, 6) is -1.94. The molecule has 0 aliphatic rings. The molecule has 19 heavy (non-hydrogen) atoms. The number of para-hydroxylation sites is 2. The highest BCUT2D eigenvalue weighted by molar-refractivity contribution is 5.90. The molecular weight excluding hydrogens is 246 g/mol. The summed E-state index contributed by atoms with van der Waals surface area (Å²) < 4.78 is 5.96. The third kappa shape index (κ3) is 2.37. The van der Waals surface area contributed by atoms with E-state index < -0.39 is 23.7 Å². The van der Waals surface area contributed by atoms with E-state index in [0.29, 0.717) is 11.1 Å². The zero-order valence-corrected chi connectivity index (χ0v) is 10.7. The maximum Gasteiger partial charge on any atom is 0.426 e. The molecule has 0 saturated heterocycles. The molecule has 0 amide bonds. The molecule has 2 atom stereocenters. The van der Waals surface area contributed by atoms with Crippen LogP contribution in [-0.4, -0.2) is 21.7 Å². The average molecular weight is 261 g/mol. The highest BCUT2D eigenvalue weighted by Crippen LogP contribution is 2.15. The van der Waals surface area contributed by atoms with E-state index in [1.54, 1.807) is 44.2 Å². The first-order valence-electron chi connectivity index (χ1n) is 6.02. The predicted molar refractivity (Wildman–Crippen MR) is 71.1 cm³/mol. The van der Waals surface area contributed by atoms with E-state index >= 15 is 0 Å². The number of carbonyl (C=O) groups is 1. The number of hydrogen-bond donors (Lipinski definition) is 1. The number of nitrogens with zero attached hydrogens (tertiary/aromatic N) is 1. The molecule has 5 heteroatoms. The van der Waals surface area contributed by atoms with E-state index in [4.69, 9.17) is 4.42 Å². The molecule has 0 radical (unpaired) electrons. The van der Waals surface area contributed by atoms with Crippen LogP contribution in [0, 0.1) is 5.92 Å². The lowest BCUT2D eigenvalue weighted by atomic mass is 10.0. The van der Waals surface area contributed by atoms with Crippen molar-refractivity contribution in [2.45, 2.75) is 20.0 Å². The Bertz CT molecular complexity index is 680. The fraction of sp³-hybridized carbons (Fsp3) is 0.286. The summed E-state index contributed by atoms with van der Waals surface area (Å²) in [5, 5.41) is 9.80. The lowest BCUT2D eigenvalue weighted by molar-refractivity contribution is 0.0714. The van der Waals surface area contributed by atoms with Gasteiger partial charge >= 0.3 is 5.76 Å². The monoisotopic (exact) mass is 261 g/mol. The summed E-state index contributed by atoms with van der Waals surface area (Å²) in [7, 11) is 0. The van der Waals surface area contributed by atoms with E-state index in [1.165, 1.54) is 6.08 Å². The molecule has 2 rings (SSSR count). The van der Waals surface area contributed by atoms with Crippen LogP contribution >= 0.6 is 0 Å². The lowest BCUT2D eigenvalue weighted by Crippen LogP contribution is -2.33. The summed E-state index contributed by atoms with van der Waals surface area (Å²) in [6, 6.07) is 6.69. The van der Waals surface area contributed by atoms with E-state index in [0.717, 1.165) is 4.57 Å². The third-order valence-electron chi connectivity index (χ3n) is 3.00. The van der Waals surface area contributed by atoms with Crippen LogP contribution in [0.3, 0.4) is 0 Å². The summed E-state index contributed by atoms with van der Waals surface area (Å²) in [6.07, 6.45) is 2.23. The van der Waals surface area contributed by atoms with Gasteiger partial charge in [-0.15, -0.1) is 0 Å². The second-order valence-corrected chi connectivity index (χ2v) is 4.31. The molecule has 0 bridgehead atoms. The lowest BCUT2D eigenvalue weighted by Gasteiger charge is -2.13. The smallest absolute Gasteiger partial charge is 0.407 e. The zero-order valence-electron chi connectivity index (χ0n) is 10.7. The van der Waals surface area contributed by atoms with E-state index in [1.807, 2.05) is 0 Å². The normalized spacial score (nSPS) is 14.9. The Balaban J connectivity index is 2.47. The molecule has 1 aromatic carbocycles. The zero-order chi connectivity index (χ0) is 14.0. The maximum atomic E-state index is 12.3. The van der Waals surface area contributed by atoms with Gasteiger partial charge in [-0.25, -0.2) is 9.36 Å². The number of allylic oxidation sites excluding steroid dienone is 1. The Labute approximate surface area is 109 Å². The van der Waals surface area contributed by atoms with Crippen LogP contribution in [0.4, 0.5) is 0 Å². The van der Waals surface area contributed by atoms with E-state index in [-0.39, 0.29) is 0 Å². The molecule has 0 spiro atoms. The van der Waals surface area contributed by atoms with Crippen molar-refractivity contribution in [2.75, 3.05) is 0 Å². The Kier molecular flexibility index (Phi) is 3.66. The molecule has 1 aromatic heterocycles. The fourth-order valence-corrected chi connectivity index (χ4v) is 1.89. The molecular formula is C14H15NO4. The molecule has 5 nitrogen and oxygen atoms in total. The van der Waals surface area contributed by atoms with Crippen molar-refractivity contribution in [3.8, 4) is 0 Å². The molecule has 2 unspecified atom stereocenters. The van der Waals surface area contributed by atoms with Gasteiger partial charge in [0.05, 0.1) is 17.5 Å². The van der Waals surface area contributed by atoms with Crippen molar-refractivity contribution < 1.29 is 14.3 Å². The number of oxazole rings is 1. The predicted octanol–water partition coefficient (Wildman–Crippen LogP) is 1.81. The molecule has 100 valence electrons. The first-order valence-corrected chi connectivity index (χ1v) is 6.02. The number of aliphatic hydroxyl groups is 1. The molecule has 1 heterocycles. The minimum Gasteiger partial charge on any atom is -0.407 e. The topological polar surface area (TPSA) is 72.4 Å². The largest absolute Gasteiger partial charge is 0.426 e. The highest BCUT2D eigenvalue weighted by atomic mass is 16.4. The second kappa shape index (κ2) is 5.24. The van der Waals surface area contributed by atoms with Crippen LogP contribution in [0.2, 0.25) is 0 Å². The number of fused-ring (bicyclic) bond motifs is 1. The van der Waals surface area contributed by atoms with Crippen molar-refractivity contribution in [3.05, 3.63) is 47.0 Å². The highest BCUT2D eigenvalue weighted by Gasteiger charge is 2.25. The average Bonchev–Trinajstić information content (AvgIpc) is 2.73. The molecule has 1 N–H and O–H groups in total. The van der Waals surface area contributed by atoms with Gasteiger partial charge in [-0.1, -0.05) is 31.2 Å². The fourth-order valence-electron chi connectivity index (χ4n) is 1.89. The minimum absolute atomic E-state index is 0.355. The van der Waals surface area contributed by atoms with Crippen molar-refractivity contribution >= 4 is 17.0 Å². The summed E-state index contributed by atoms with van der Waals surface area (Å²) in [5.41, 5.74) is 0.769. The van der Waals surface area contributed by atoms with Gasteiger partial charge in [-0.3, -0.25) is 4.79 Å². The Morgan fingerprint density at radius 2 is 2.11 bits per heavy atom. The summed E-state index contributed by atoms with van der Waals surface area (Å²) in [4.78, 5) is 24.0. The van der Waals surface area contributed by atoms with Gasteiger partial charge in [-0.2, -0.15) is 0 Å². The third-order valence-corrected chi connectivity index (χ3v) is 3.00. The van der Waals surface area contributed by atoms with Crippen molar-refractivity contribution in [1.29, 1.82) is 0 Å². The van der Waals surface area contributed by atoms with Crippen molar-refractivity contribution in [1.82, 2.24) is 4.57 Å². The van der Waals surface area contributed by atoms with Gasteiger partial charge in [0, 0.05) is 0 Å². The maximum absolute atomic E-state index is 12.3. The van der Waals surface area contributed by atoms with Crippen molar-refractivity contribution in [3.63, 3.8) is 0 Å². The number of hydrogen-bond acceptors (Lipinski definition) is 4. The number of carbonyl (C=O) groups excluding carboxylic acids is 1. The first-order chi connectivity index (χ1) is 9.06. The molecule has 0 fully saturated rings. The van der Waals surface area contributed by atoms with Crippen LogP contribution < -0.4 is 5.76 Å². The number of benzene rings is 1. The standard InChI is InChI=1S/C14H15NO4/c1-3-6-11(16)9(2)13(17)15-10-7-4-5-8-12(10)19-14(15)18/h3-9,11,16H,1-2H3. The van der Waals surface area contributed by atoms with E-state index in [9.17, 15) is 14.7 Å². The van der Waals surface area contributed by atoms with Crippen LogP contribution in [0.25, 0.3) is 11.1 Å². The molecule has 2 aromatic rings. The van der Waals surface area contributed by atoms with E-state index in [2.05, 4.69) is 0 Å².